The van der Waals surface area contributed by atoms with Gasteiger partial charge in [0.1, 0.15) is 5.60 Å². The van der Waals surface area contributed by atoms with Crippen LogP contribution in [0.25, 0.3) is 0 Å². The second kappa shape index (κ2) is 5.28. The molecule has 4 rings (SSSR count). The van der Waals surface area contributed by atoms with Crippen LogP contribution in [0.1, 0.15) is 26.2 Å². The van der Waals surface area contributed by atoms with Crippen molar-refractivity contribution >= 4 is 15.7 Å². The van der Waals surface area contributed by atoms with Crippen LogP contribution in [-0.2, 0) is 14.8 Å². The Bertz CT molecular complexity index is 837. The molecular weight excluding hydrogens is 344 g/mol. The van der Waals surface area contributed by atoms with Crippen molar-refractivity contribution in [3.05, 3.63) is 35.9 Å². The van der Waals surface area contributed by atoms with Gasteiger partial charge < -0.3 is 20.7 Å². The number of hydrogen-bond donors (Lipinski definition) is 4. The summed E-state index contributed by atoms with van der Waals surface area (Å²) in [6.07, 6.45) is 1.82. The number of nitrogens with two attached hydrogens (primary N) is 1. The summed E-state index contributed by atoms with van der Waals surface area (Å²) < 4.78 is 33.7. The Hall–Kier alpha value is -1.45. The van der Waals surface area contributed by atoms with Crippen molar-refractivity contribution in [2.24, 2.45) is 5.92 Å². The minimum Gasteiger partial charge on any atom is -0.399 e. The predicted octanol–water partition coefficient (Wildman–Crippen LogP) is 0.494. The highest BCUT2D eigenvalue weighted by Gasteiger charge is 2.62. The standard InChI is InChI=1S/C17H22N2O5S/c1-16(19-25(22,23)12-5-3-11(18)4-6-12)8-10-2-7-14-17(10,21)13(9-16)15(20)24-14/h3-6,9-10,14-15,19-21H,2,7-8,18H2,1H3/t10?,14-,15?,16-,17+/m1/s1. The number of anilines is 1. The lowest BCUT2D eigenvalue weighted by Gasteiger charge is -2.42. The van der Waals surface area contributed by atoms with Crippen molar-refractivity contribution in [3.63, 3.8) is 0 Å². The third-order valence-corrected chi connectivity index (χ3v) is 7.24. The molecule has 1 aromatic carbocycles. The van der Waals surface area contributed by atoms with Gasteiger partial charge in [-0.25, -0.2) is 13.1 Å². The highest BCUT2D eigenvalue weighted by Crippen LogP contribution is 2.55. The lowest BCUT2D eigenvalue weighted by atomic mass is 9.70. The number of aliphatic hydroxyl groups is 2. The van der Waals surface area contributed by atoms with E-state index < -0.39 is 33.6 Å². The Kier molecular flexibility index (Phi) is 3.59. The van der Waals surface area contributed by atoms with E-state index in [2.05, 4.69) is 4.72 Å². The van der Waals surface area contributed by atoms with E-state index in [1.165, 1.54) is 24.3 Å². The lowest BCUT2D eigenvalue weighted by molar-refractivity contribution is -0.0977. The highest BCUT2D eigenvalue weighted by atomic mass is 32.2. The Morgan fingerprint density at radius 3 is 2.64 bits per heavy atom. The second-order valence-corrected chi connectivity index (χ2v) is 9.15. The fraction of sp³-hybridized carbons (Fsp3) is 0.529. The molecule has 1 saturated heterocycles. The molecule has 0 radical (unpaired) electrons. The number of hydrogen-bond acceptors (Lipinski definition) is 6. The first-order valence-electron chi connectivity index (χ1n) is 8.33. The van der Waals surface area contributed by atoms with Gasteiger partial charge in [0, 0.05) is 16.8 Å². The van der Waals surface area contributed by atoms with Crippen LogP contribution in [0.2, 0.25) is 0 Å². The number of benzene rings is 1. The van der Waals surface area contributed by atoms with E-state index in [-0.39, 0.29) is 10.8 Å². The Balaban J connectivity index is 1.69. The molecule has 1 heterocycles. The van der Waals surface area contributed by atoms with E-state index in [1.807, 2.05) is 0 Å². The van der Waals surface area contributed by atoms with E-state index in [1.54, 1.807) is 13.0 Å². The average Bonchev–Trinajstić information content (AvgIpc) is 2.95. The normalized spacial score (nSPS) is 40.0. The van der Waals surface area contributed by atoms with E-state index in [0.717, 1.165) is 6.42 Å². The van der Waals surface area contributed by atoms with Gasteiger partial charge in [-0.2, -0.15) is 0 Å². The predicted molar refractivity (Wildman–Crippen MR) is 90.8 cm³/mol. The van der Waals surface area contributed by atoms with E-state index in [4.69, 9.17) is 10.5 Å². The average molecular weight is 366 g/mol. The lowest BCUT2D eigenvalue weighted by Crippen LogP contribution is -2.54. The molecule has 3 aliphatic rings. The van der Waals surface area contributed by atoms with Crippen LogP contribution in [0.15, 0.2) is 40.8 Å². The molecule has 5 atom stereocenters. The van der Waals surface area contributed by atoms with Crippen molar-refractivity contribution < 1.29 is 23.4 Å². The van der Waals surface area contributed by atoms with Crippen LogP contribution >= 0.6 is 0 Å². The largest absolute Gasteiger partial charge is 0.399 e. The highest BCUT2D eigenvalue weighted by molar-refractivity contribution is 7.89. The Labute approximate surface area is 146 Å². The number of rotatable bonds is 3. The smallest absolute Gasteiger partial charge is 0.241 e. The molecule has 0 bridgehead atoms. The van der Waals surface area contributed by atoms with Crippen molar-refractivity contribution in [2.45, 2.75) is 54.6 Å². The first-order chi connectivity index (χ1) is 11.6. The van der Waals surface area contributed by atoms with Crippen LogP contribution in [-0.4, -0.2) is 42.2 Å². The summed E-state index contributed by atoms with van der Waals surface area (Å²) in [5.41, 5.74) is 4.36. The first kappa shape index (κ1) is 17.0. The number of aliphatic hydroxyl groups excluding tert-OH is 1. The summed E-state index contributed by atoms with van der Waals surface area (Å²) in [5, 5.41) is 21.2. The fourth-order valence-corrected chi connectivity index (χ4v) is 5.89. The van der Waals surface area contributed by atoms with Gasteiger partial charge in [-0.15, -0.1) is 0 Å². The van der Waals surface area contributed by atoms with Gasteiger partial charge >= 0.3 is 0 Å². The minimum atomic E-state index is -3.77. The van der Waals surface area contributed by atoms with Gasteiger partial charge in [0.2, 0.25) is 10.0 Å². The maximum atomic E-state index is 12.7. The molecule has 7 nitrogen and oxygen atoms in total. The summed E-state index contributed by atoms with van der Waals surface area (Å²) in [6, 6.07) is 5.97. The zero-order chi connectivity index (χ0) is 18.0. The zero-order valence-electron chi connectivity index (χ0n) is 13.8. The van der Waals surface area contributed by atoms with E-state index >= 15 is 0 Å². The quantitative estimate of drug-likeness (QED) is 0.456. The molecule has 2 fully saturated rings. The summed E-state index contributed by atoms with van der Waals surface area (Å²) in [7, 11) is -3.77. The van der Waals surface area contributed by atoms with Crippen LogP contribution in [0.5, 0.6) is 0 Å². The van der Waals surface area contributed by atoms with Gasteiger partial charge in [-0.05, 0) is 56.4 Å². The Morgan fingerprint density at radius 1 is 1.28 bits per heavy atom. The topological polar surface area (TPSA) is 122 Å². The molecule has 0 amide bonds. The van der Waals surface area contributed by atoms with Gasteiger partial charge in [-0.3, -0.25) is 0 Å². The van der Waals surface area contributed by atoms with Crippen LogP contribution < -0.4 is 10.5 Å². The fourth-order valence-electron chi connectivity index (χ4n) is 4.52. The second-order valence-electron chi connectivity index (χ2n) is 7.47. The monoisotopic (exact) mass is 366 g/mol. The molecule has 25 heavy (non-hydrogen) atoms. The van der Waals surface area contributed by atoms with Gasteiger partial charge in [0.15, 0.2) is 6.29 Å². The molecule has 136 valence electrons. The number of nitrogen functional groups attached to an aromatic ring is 1. The number of nitrogens with one attached hydrogen (secondary N) is 1. The SMILES string of the molecule is C[C@]1(NS(=O)(=O)c2ccc(N)cc2)C=C2C(O)O[C@@H]3CCC(C1)[C@]23O. The molecule has 1 aromatic rings. The Morgan fingerprint density at radius 2 is 1.96 bits per heavy atom. The minimum absolute atomic E-state index is 0.120. The van der Waals surface area contributed by atoms with Gasteiger partial charge in [-0.1, -0.05) is 6.08 Å². The molecule has 0 aromatic heterocycles. The van der Waals surface area contributed by atoms with Crippen LogP contribution in [0, 0.1) is 5.92 Å². The molecule has 8 heteroatoms. The van der Waals surface area contributed by atoms with Crippen LogP contribution in [0.4, 0.5) is 5.69 Å². The molecule has 2 aliphatic carbocycles. The summed E-state index contributed by atoms with van der Waals surface area (Å²) in [6.45, 7) is 1.76. The molecule has 2 unspecified atom stereocenters. The zero-order valence-corrected chi connectivity index (χ0v) is 14.7. The van der Waals surface area contributed by atoms with E-state index in [0.29, 0.717) is 24.1 Å². The molecular formula is C17H22N2O5S. The third kappa shape index (κ3) is 2.51. The summed E-state index contributed by atoms with van der Waals surface area (Å²) in [4.78, 5) is 0.120. The van der Waals surface area contributed by atoms with Crippen molar-refractivity contribution in [3.8, 4) is 0 Å². The molecule has 1 aliphatic heterocycles. The number of sulfonamides is 1. The molecule has 0 spiro atoms. The van der Waals surface area contributed by atoms with E-state index in [9.17, 15) is 18.6 Å². The molecule has 1 saturated carbocycles. The number of ether oxygens (including phenoxy) is 1. The summed E-state index contributed by atoms with van der Waals surface area (Å²) >= 11 is 0. The third-order valence-electron chi connectivity index (χ3n) is 5.61. The maximum absolute atomic E-state index is 12.7. The van der Waals surface area contributed by atoms with Gasteiger partial charge in [0.25, 0.3) is 0 Å². The summed E-state index contributed by atoms with van der Waals surface area (Å²) in [5.74, 6) is -0.159. The van der Waals surface area contributed by atoms with Crippen molar-refractivity contribution in [1.82, 2.24) is 4.72 Å². The van der Waals surface area contributed by atoms with Crippen molar-refractivity contribution in [1.29, 1.82) is 0 Å². The van der Waals surface area contributed by atoms with Crippen LogP contribution in [0.3, 0.4) is 0 Å². The van der Waals surface area contributed by atoms with Gasteiger partial charge in [0.05, 0.1) is 11.0 Å². The van der Waals surface area contributed by atoms with Crippen molar-refractivity contribution in [2.75, 3.05) is 5.73 Å². The maximum Gasteiger partial charge on any atom is 0.241 e. The molecule has 5 N–H and O–H groups in total. The first-order valence-corrected chi connectivity index (χ1v) is 9.81.